The van der Waals surface area contributed by atoms with E-state index in [0.717, 1.165) is 5.56 Å². The Hall–Kier alpha value is -1.76. The maximum atomic E-state index is 11.0. The van der Waals surface area contributed by atoms with Crippen LogP contribution in [0.3, 0.4) is 0 Å². The number of aromatic nitrogens is 4. The second-order valence-electron chi connectivity index (χ2n) is 3.70. The van der Waals surface area contributed by atoms with Crippen LogP contribution in [0.4, 0.5) is 0 Å². The third-order valence-electron chi connectivity index (χ3n) is 2.15. The van der Waals surface area contributed by atoms with Gasteiger partial charge in [-0.2, -0.15) is 4.80 Å². The van der Waals surface area contributed by atoms with Crippen molar-refractivity contribution < 1.29 is 8.42 Å². The number of nitrogens with zero attached hydrogens (tertiary/aromatic N) is 4. The maximum absolute atomic E-state index is 11.0. The van der Waals surface area contributed by atoms with Crippen molar-refractivity contribution in [1.29, 1.82) is 0 Å². The second kappa shape index (κ2) is 4.62. The summed E-state index contributed by atoms with van der Waals surface area (Å²) in [6.07, 6.45) is 1.18. The zero-order valence-electron chi connectivity index (χ0n) is 9.31. The van der Waals surface area contributed by atoms with Gasteiger partial charge in [-0.15, -0.1) is 10.2 Å². The highest BCUT2D eigenvalue weighted by molar-refractivity contribution is 7.90. The number of hydrogen-bond donors (Lipinski definition) is 0. The molecule has 90 valence electrons. The molecule has 0 unspecified atom stereocenters. The molecular weight excluding hydrogens is 240 g/mol. The number of hydrogen-bond acceptors (Lipinski definition) is 5. The van der Waals surface area contributed by atoms with Gasteiger partial charge in [0.15, 0.2) is 0 Å². The Bertz CT molecular complexity index is 592. The molecule has 0 radical (unpaired) electrons. The average Bonchev–Trinajstić information content (AvgIpc) is 2.75. The van der Waals surface area contributed by atoms with Gasteiger partial charge in [-0.3, -0.25) is 0 Å². The minimum atomic E-state index is -3.01. The van der Waals surface area contributed by atoms with Crippen LogP contribution in [0.25, 0.3) is 11.4 Å². The summed E-state index contributed by atoms with van der Waals surface area (Å²) in [5.41, 5.74) is 0.859. The van der Waals surface area contributed by atoms with Crippen LogP contribution in [0.2, 0.25) is 0 Å². The maximum Gasteiger partial charge on any atom is 0.204 e. The molecule has 0 spiro atoms. The van der Waals surface area contributed by atoms with Crippen molar-refractivity contribution in [3.05, 3.63) is 30.3 Å². The molecule has 7 heteroatoms. The van der Waals surface area contributed by atoms with E-state index >= 15 is 0 Å². The SMILES string of the molecule is CS(=O)(=O)CCn1nnc(-c2ccccc2)n1. The fraction of sp³-hybridized carbons (Fsp3) is 0.300. The van der Waals surface area contributed by atoms with Crippen LogP contribution in [0, 0.1) is 0 Å². The summed E-state index contributed by atoms with van der Waals surface area (Å²) in [7, 11) is -3.01. The van der Waals surface area contributed by atoms with E-state index in [4.69, 9.17) is 0 Å². The van der Waals surface area contributed by atoms with Gasteiger partial charge in [0.05, 0.1) is 12.3 Å². The summed E-state index contributed by atoms with van der Waals surface area (Å²) in [5, 5.41) is 11.8. The number of tetrazole rings is 1. The highest BCUT2D eigenvalue weighted by Gasteiger charge is 2.07. The number of sulfone groups is 1. The quantitative estimate of drug-likeness (QED) is 0.786. The van der Waals surface area contributed by atoms with E-state index in [9.17, 15) is 8.42 Å². The third-order valence-corrected chi connectivity index (χ3v) is 3.07. The van der Waals surface area contributed by atoms with Gasteiger partial charge in [-0.05, 0) is 5.21 Å². The average molecular weight is 252 g/mol. The van der Waals surface area contributed by atoms with E-state index in [-0.39, 0.29) is 12.3 Å². The van der Waals surface area contributed by atoms with Crippen LogP contribution >= 0.6 is 0 Å². The number of rotatable bonds is 4. The van der Waals surface area contributed by atoms with Gasteiger partial charge in [0.2, 0.25) is 5.82 Å². The lowest BCUT2D eigenvalue weighted by molar-refractivity contribution is 0.540. The van der Waals surface area contributed by atoms with Gasteiger partial charge >= 0.3 is 0 Å². The van der Waals surface area contributed by atoms with Crippen molar-refractivity contribution >= 4 is 9.84 Å². The molecule has 0 aliphatic rings. The first-order chi connectivity index (χ1) is 8.04. The Labute approximate surface area is 99.2 Å². The van der Waals surface area contributed by atoms with Crippen LogP contribution in [0.15, 0.2) is 30.3 Å². The van der Waals surface area contributed by atoms with E-state index < -0.39 is 9.84 Å². The standard InChI is InChI=1S/C10H12N4O2S/c1-17(15,16)8-7-14-12-10(11-13-14)9-5-3-2-4-6-9/h2-6H,7-8H2,1H3. The molecule has 1 heterocycles. The number of aryl methyl sites for hydroxylation is 1. The van der Waals surface area contributed by atoms with Crippen molar-refractivity contribution in [3.8, 4) is 11.4 Å². The summed E-state index contributed by atoms with van der Waals surface area (Å²) >= 11 is 0. The Morgan fingerprint density at radius 1 is 1.24 bits per heavy atom. The Morgan fingerprint density at radius 3 is 2.59 bits per heavy atom. The first-order valence-electron chi connectivity index (χ1n) is 5.05. The summed E-state index contributed by atoms with van der Waals surface area (Å²) in [4.78, 5) is 1.30. The van der Waals surface area contributed by atoms with E-state index in [2.05, 4.69) is 15.4 Å². The molecule has 0 bridgehead atoms. The van der Waals surface area contributed by atoms with Crippen molar-refractivity contribution in [2.75, 3.05) is 12.0 Å². The smallest absolute Gasteiger partial charge is 0.204 e. The Balaban J connectivity index is 2.12. The van der Waals surface area contributed by atoms with Crippen molar-refractivity contribution in [2.45, 2.75) is 6.54 Å². The summed E-state index contributed by atoms with van der Waals surface area (Å²) in [6, 6.07) is 9.41. The minimum absolute atomic E-state index is 0.0115. The van der Waals surface area contributed by atoms with Gasteiger partial charge in [0, 0.05) is 11.8 Å². The van der Waals surface area contributed by atoms with Gasteiger partial charge in [-0.1, -0.05) is 30.3 Å². The largest absolute Gasteiger partial charge is 0.229 e. The second-order valence-corrected chi connectivity index (χ2v) is 5.96. The van der Waals surface area contributed by atoms with Crippen molar-refractivity contribution in [2.24, 2.45) is 0 Å². The molecule has 6 nitrogen and oxygen atoms in total. The predicted molar refractivity (Wildman–Crippen MR) is 63.0 cm³/mol. The zero-order valence-corrected chi connectivity index (χ0v) is 10.1. The Morgan fingerprint density at radius 2 is 1.94 bits per heavy atom. The first kappa shape index (κ1) is 11.7. The first-order valence-corrected chi connectivity index (χ1v) is 7.11. The molecule has 0 saturated heterocycles. The highest BCUT2D eigenvalue weighted by Crippen LogP contribution is 2.11. The lowest BCUT2D eigenvalue weighted by Crippen LogP contribution is -2.13. The third kappa shape index (κ3) is 3.35. The zero-order chi connectivity index (χ0) is 12.3. The normalized spacial score (nSPS) is 11.6. The van der Waals surface area contributed by atoms with Gasteiger partial charge in [-0.25, -0.2) is 8.42 Å². The fourth-order valence-electron chi connectivity index (χ4n) is 1.29. The molecule has 0 aliphatic carbocycles. The van der Waals surface area contributed by atoms with Gasteiger partial charge in [0.1, 0.15) is 9.84 Å². The van der Waals surface area contributed by atoms with E-state index in [1.165, 1.54) is 11.1 Å². The molecule has 0 aliphatic heterocycles. The molecule has 1 aromatic heterocycles. The van der Waals surface area contributed by atoms with Crippen LogP contribution < -0.4 is 0 Å². The predicted octanol–water partition coefficient (Wildman–Crippen LogP) is 0.385. The molecule has 17 heavy (non-hydrogen) atoms. The highest BCUT2D eigenvalue weighted by atomic mass is 32.2. The van der Waals surface area contributed by atoms with Gasteiger partial charge < -0.3 is 0 Å². The summed E-state index contributed by atoms with van der Waals surface area (Å²) in [6.45, 7) is 0.221. The monoisotopic (exact) mass is 252 g/mol. The topological polar surface area (TPSA) is 77.7 Å². The minimum Gasteiger partial charge on any atom is -0.229 e. The Kier molecular flexibility index (Phi) is 3.19. The van der Waals surface area contributed by atoms with Gasteiger partial charge in [0.25, 0.3) is 0 Å². The lowest BCUT2D eigenvalue weighted by Gasteiger charge is -1.96. The molecule has 0 amide bonds. The van der Waals surface area contributed by atoms with Crippen LogP contribution in [0.1, 0.15) is 0 Å². The molecule has 0 fully saturated rings. The van der Waals surface area contributed by atoms with Crippen LogP contribution in [0.5, 0.6) is 0 Å². The number of benzene rings is 1. The van der Waals surface area contributed by atoms with Crippen molar-refractivity contribution in [1.82, 2.24) is 20.2 Å². The molecular formula is C10H12N4O2S. The fourth-order valence-corrected chi connectivity index (χ4v) is 1.78. The van der Waals surface area contributed by atoms with E-state index in [1.54, 1.807) is 0 Å². The van der Waals surface area contributed by atoms with E-state index in [0.29, 0.717) is 5.82 Å². The molecule has 0 saturated carbocycles. The summed E-state index contributed by atoms with van der Waals surface area (Å²) < 4.78 is 22.0. The van der Waals surface area contributed by atoms with Crippen LogP contribution in [-0.2, 0) is 16.4 Å². The summed E-state index contributed by atoms with van der Waals surface area (Å²) in [5.74, 6) is 0.511. The molecule has 1 aromatic carbocycles. The van der Waals surface area contributed by atoms with Crippen LogP contribution in [-0.4, -0.2) is 40.6 Å². The lowest BCUT2D eigenvalue weighted by atomic mass is 10.2. The molecule has 0 atom stereocenters. The molecule has 2 aromatic rings. The van der Waals surface area contributed by atoms with Crippen molar-refractivity contribution in [3.63, 3.8) is 0 Å². The molecule has 2 rings (SSSR count). The molecule has 0 N–H and O–H groups in total. The van der Waals surface area contributed by atoms with E-state index in [1.807, 2.05) is 30.3 Å².